The Morgan fingerprint density at radius 3 is 2.12 bits per heavy atom. The van der Waals surface area contributed by atoms with Gasteiger partial charge in [-0.25, -0.2) is 0 Å². The molecule has 0 aromatic heterocycles. The van der Waals surface area contributed by atoms with E-state index in [4.69, 9.17) is 16.3 Å². The maximum absolute atomic E-state index is 12.0. The van der Waals surface area contributed by atoms with Gasteiger partial charge in [0.1, 0.15) is 12.4 Å². The smallest absolute Gasteiger partial charge is 0.253 e. The Kier molecular flexibility index (Phi) is 8.40. The highest BCUT2D eigenvalue weighted by molar-refractivity contribution is 6.18. The van der Waals surface area contributed by atoms with Gasteiger partial charge < -0.3 is 14.5 Å². The molecule has 3 rings (SSSR count). The molecule has 0 aliphatic carbocycles. The molecule has 0 atom stereocenters. The normalized spacial score (nSPS) is 17.5. The number of carbonyl (C=O) groups excluding carboxylic acids is 1. The molecule has 0 saturated carbocycles. The van der Waals surface area contributed by atoms with Gasteiger partial charge in [-0.15, -0.1) is 11.6 Å². The first-order valence-corrected chi connectivity index (χ1v) is 9.58. The number of ether oxygens (including phenoxy) is 1. The lowest BCUT2D eigenvalue weighted by molar-refractivity contribution is 0.0793. The number of benzene rings is 1. The van der Waals surface area contributed by atoms with E-state index >= 15 is 0 Å². The summed E-state index contributed by atoms with van der Waals surface area (Å²) < 4.78 is 5.36. The summed E-state index contributed by atoms with van der Waals surface area (Å²) in [5, 5.41) is 0. The molecular weight excluding hydrogens is 324 g/mol. The lowest BCUT2D eigenvalue weighted by atomic mass is 10.2. The number of likely N-dealkylation sites (tertiary alicyclic amines) is 2. The molecule has 134 valence electrons. The van der Waals surface area contributed by atoms with Gasteiger partial charge in [0.25, 0.3) is 5.91 Å². The first-order valence-electron chi connectivity index (χ1n) is 9.05. The number of carbonyl (C=O) groups is 1. The van der Waals surface area contributed by atoms with Gasteiger partial charge in [0, 0.05) is 18.7 Å². The number of amides is 1. The van der Waals surface area contributed by atoms with Gasteiger partial charge in [-0.05, 0) is 69.6 Å². The summed E-state index contributed by atoms with van der Waals surface area (Å²) in [4.78, 5) is 16.4. The molecular formula is C19H29ClN2O2. The van der Waals surface area contributed by atoms with Crippen LogP contribution in [0.25, 0.3) is 0 Å². The van der Waals surface area contributed by atoms with Crippen LogP contribution in [-0.4, -0.2) is 60.9 Å². The monoisotopic (exact) mass is 352 g/mol. The first-order chi connectivity index (χ1) is 11.7. The van der Waals surface area contributed by atoms with E-state index in [0.717, 1.165) is 37.2 Å². The van der Waals surface area contributed by atoms with Crippen LogP contribution >= 0.6 is 11.6 Å². The predicted octanol–water partition coefficient (Wildman–Crippen LogP) is 3.64. The Hall–Kier alpha value is -1.26. The summed E-state index contributed by atoms with van der Waals surface area (Å²) >= 11 is 5.53. The van der Waals surface area contributed by atoms with Crippen molar-refractivity contribution in [2.45, 2.75) is 32.6 Å². The Balaban J connectivity index is 0.000000249. The summed E-state index contributed by atoms with van der Waals surface area (Å²) in [6.07, 6.45) is 5.08. The molecule has 1 aromatic carbocycles. The molecule has 2 heterocycles. The molecule has 2 aliphatic heterocycles. The highest BCUT2D eigenvalue weighted by atomic mass is 35.5. The number of hydrogen-bond donors (Lipinski definition) is 0. The summed E-state index contributed by atoms with van der Waals surface area (Å²) in [5.74, 6) is 1.34. The molecule has 0 radical (unpaired) electrons. The number of halogens is 1. The minimum Gasteiger partial charge on any atom is -0.492 e. The average molecular weight is 353 g/mol. The van der Waals surface area contributed by atoms with Crippen molar-refractivity contribution in [1.82, 2.24) is 9.80 Å². The second kappa shape index (κ2) is 10.6. The first kappa shape index (κ1) is 19.1. The van der Waals surface area contributed by atoms with E-state index in [0.29, 0.717) is 12.5 Å². The fraction of sp³-hybridized carbons (Fsp3) is 0.632. The van der Waals surface area contributed by atoms with Crippen molar-refractivity contribution >= 4 is 17.5 Å². The van der Waals surface area contributed by atoms with Crippen LogP contribution < -0.4 is 4.74 Å². The van der Waals surface area contributed by atoms with Crippen molar-refractivity contribution in [2.75, 3.05) is 45.2 Å². The average Bonchev–Trinajstić information content (AvgIpc) is 3.33. The van der Waals surface area contributed by atoms with Crippen LogP contribution in [0.3, 0.4) is 0 Å². The zero-order valence-corrected chi connectivity index (χ0v) is 15.4. The molecule has 0 spiro atoms. The lowest BCUT2D eigenvalue weighted by Gasteiger charge is -2.15. The number of nitrogens with zero attached hydrogens (tertiary/aromatic N) is 2. The molecule has 4 nitrogen and oxygen atoms in total. The van der Waals surface area contributed by atoms with Crippen molar-refractivity contribution in [3.05, 3.63) is 29.8 Å². The third-order valence-electron chi connectivity index (χ3n) is 4.49. The van der Waals surface area contributed by atoms with Crippen LogP contribution in [0.15, 0.2) is 24.3 Å². The molecule has 5 heteroatoms. The SMILES string of the molecule is CCN1CCCC1.O=C(c1ccc(OCCCl)cc1)N1CCCC1. The standard InChI is InChI=1S/C13H16ClNO2.C6H13N/c14-7-10-17-12-5-3-11(4-6-12)13(16)15-8-1-2-9-15;1-2-7-5-3-4-6-7/h3-6H,1-2,7-10H2;2-6H2,1H3. The Morgan fingerprint density at radius 1 is 1.04 bits per heavy atom. The molecule has 0 bridgehead atoms. The molecule has 1 aromatic rings. The summed E-state index contributed by atoms with van der Waals surface area (Å²) in [5.41, 5.74) is 0.727. The number of hydrogen-bond acceptors (Lipinski definition) is 3. The third-order valence-corrected chi connectivity index (χ3v) is 4.64. The van der Waals surface area contributed by atoms with Gasteiger partial charge in [-0.3, -0.25) is 4.79 Å². The molecule has 2 fully saturated rings. The highest BCUT2D eigenvalue weighted by Gasteiger charge is 2.19. The van der Waals surface area contributed by atoms with Crippen molar-refractivity contribution < 1.29 is 9.53 Å². The maximum atomic E-state index is 12.0. The van der Waals surface area contributed by atoms with Crippen molar-refractivity contribution in [3.8, 4) is 5.75 Å². The van der Waals surface area contributed by atoms with Gasteiger partial charge in [-0.2, -0.15) is 0 Å². The van der Waals surface area contributed by atoms with E-state index in [-0.39, 0.29) is 5.91 Å². The zero-order valence-electron chi connectivity index (χ0n) is 14.7. The molecule has 2 aliphatic rings. The van der Waals surface area contributed by atoms with E-state index in [1.807, 2.05) is 29.2 Å². The van der Waals surface area contributed by atoms with Gasteiger partial charge in [-0.1, -0.05) is 6.92 Å². The van der Waals surface area contributed by atoms with E-state index in [2.05, 4.69) is 11.8 Å². The molecule has 24 heavy (non-hydrogen) atoms. The van der Waals surface area contributed by atoms with Crippen LogP contribution in [-0.2, 0) is 0 Å². The van der Waals surface area contributed by atoms with Crippen LogP contribution in [0.4, 0.5) is 0 Å². The van der Waals surface area contributed by atoms with Gasteiger partial charge >= 0.3 is 0 Å². The Morgan fingerprint density at radius 2 is 1.62 bits per heavy atom. The Bertz CT molecular complexity index is 481. The molecule has 1 amide bonds. The maximum Gasteiger partial charge on any atom is 0.253 e. The number of alkyl halides is 1. The second-order valence-electron chi connectivity index (χ2n) is 6.20. The zero-order chi connectivity index (χ0) is 17.2. The summed E-state index contributed by atoms with van der Waals surface area (Å²) in [6.45, 7) is 8.41. The van der Waals surface area contributed by atoms with Gasteiger partial charge in [0.15, 0.2) is 0 Å². The highest BCUT2D eigenvalue weighted by Crippen LogP contribution is 2.16. The molecule has 2 saturated heterocycles. The van der Waals surface area contributed by atoms with Crippen LogP contribution in [0.5, 0.6) is 5.75 Å². The fourth-order valence-electron chi connectivity index (χ4n) is 3.05. The Labute approximate surface area is 150 Å². The van der Waals surface area contributed by atoms with Crippen LogP contribution in [0.1, 0.15) is 43.0 Å². The van der Waals surface area contributed by atoms with Crippen molar-refractivity contribution in [2.24, 2.45) is 0 Å². The number of rotatable bonds is 5. The van der Waals surface area contributed by atoms with Crippen LogP contribution in [0, 0.1) is 0 Å². The van der Waals surface area contributed by atoms with E-state index in [9.17, 15) is 4.79 Å². The van der Waals surface area contributed by atoms with E-state index in [1.165, 1.54) is 32.5 Å². The fourth-order valence-corrected chi connectivity index (χ4v) is 3.13. The third kappa shape index (κ3) is 5.99. The van der Waals surface area contributed by atoms with E-state index < -0.39 is 0 Å². The van der Waals surface area contributed by atoms with Crippen LogP contribution in [0.2, 0.25) is 0 Å². The van der Waals surface area contributed by atoms with Crippen molar-refractivity contribution in [3.63, 3.8) is 0 Å². The van der Waals surface area contributed by atoms with Crippen molar-refractivity contribution in [1.29, 1.82) is 0 Å². The summed E-state index contributed by atoms with van der Waals surface area (Å²) in [7, 11) is 0. The van der Waals surface area contributed by atoms with Gasteiger partial charge in [0.05, 0.1) is 5.88 Å². The largest absolute Gasteiger partial charge is 0.492 e. The minimum atomic E-state index is 0.117. The predicted molar refractivity (Wildman–Crippen MR) is 99.1 cm³/mol. The summed E-state index contributed by atoms with van der Waals surface area (Å²) in [6, 6.07) is 7.25. The lowest BCUT2D eigenvalue weighted by Crippen LogP contribution is -2.27. The topological polar surface area (TPSA) is 32.8 Å². The molecule has 0 unspecified atom stereocenters. The second-order valence-corrected chi connectivity index (χ2v) is 6.58. The van der Waals surface area contributed by atoms with Gasteiger partial charge in [0.2, 0.25) is 0 Å². The minimum absolute atomic E-state index is 0.117. The van der Waals surface area contributed by atoms with E-state index in [1.54, 1.807) is 0 Å². The quantitative estimate of drug-likeness (QED) is 0.758. The molecule has 0 N–H and O–H groups in total.